The number of hydrazine groups is 1. The quantitative estimate of drug-likeness (QED) is 0.496. The van der Waals surface area contributed by atoms with Gasteiger partial charge in [-0.2, -0.15) is 0 Å². The van der Waals surface area contributed by atoms with Gasteiger partial charge in [-0.25, -0.2) is 5.84 Å². The zero-order chi connectivity index (χ0) is 15.2. The monoisotopic (exact) mass is 290 g/mol. The van der Waals surface area contributed by atoms with E-state index in [1.54, 1.807) is 0 Å². The van der Waals surface area contributed by atoms with Crippen LogP contribution in [0.2, 0.25) is 0 Å². The molecule has 116 valence electrons. The number of hydrogen-bond donors (Lipinski definition) is 2. The number of nitrogens with two attached hydrogens (primary N) is 1. The summed E-state index contributed by atoms with van der Waals surface area (Å²) in [4.78, 5) is 17.0. The SMILES string of the molecule is CCC1CN(C)CCCN1C(C(=O)NN)c1ccccc1. The van der Waals surface area contributed by atoms with Crippen LogP contribution < -0.4 is 11.3 Å². The Morgan fingerprint density at radius 3 is 2.71 bits per heavy atom. The summed E-state index contributed by atoms with van der Waals surface area (Å²) in [6.45, 7) is 5.14. The molecule has 0 bridgehead atoms. The van der Waals surface area contributed by atoms with Crippen molar-refractivity contribution in [2.24, 2.45) is 5.84 Å². The van der Waals surface area contributed by atoms with Gasteiger partial charge in [0.1, 0.15) is 6.04 Å². The smallest absolute Gasteiger partial charge is 0.255 e. The van der Waals surface area contributed by atoms with E-state index in [4.69, 9.17) is 5.84 Å². The third-order valence-corrected chi connectivity index (χ3v) is 4.26. The fourth-order valence-electron chi connectivity index (χ4n) is 3.17. The van der Waals surface area contributed by atoms with Crippen LogP contribution in [0.1, 0.15) is 31.4 Å². The number of carbonyl (C=O) groups is 1. The van der Waals surface area contributed by atoms with Crippen LogP contribution in [0.3, 0.4) is 0 Å². The molecule has 2 rings (SSSR count). The van der Waals surface area contributed by atoms with E-state index in [0.717, 1.165) is 38.0 Å². The van der Waals surface area contributed by atoms with Crippen molar-refractivity contribution < 1.29 is 4.79 Å². The van der Waals surface area contributed by atoms with Crippen molar-refractivity contribution >= 4 is 5.91 Å². The van der Waals surface area contributed by atoms with Crippen LogP contribution in [-0.4, -0.2) is 48.4 Å². The highest BCUT2D eigenvalue weighted by Crippen LogP contribution is 2.26. The summed E-state index contributed by atoms with van der Waals surface area (Å²) in [7, 11) is 2.15. The molecule has 5 nitrogen and oxygen atoms in total. The van der Waals surface area contributed by atoms with Gasteiger partial charge in [-0.15, -0.1) is 0 Å². The van der Waals surface area contributed by atoms with Crippen molar-refractivity contribution in [3.63, 3.8) is 0 Å². The van der Waals surface area contributed by atoms with E-state index in [1.165, 1.54) is 0 Å². The molecule has 1 amide bonds. The van der Waals surface area contributed by atoms with Gasteiger partial charge < -0.3 is 4.90 Å². The average Bonchev–Trinajstić information content (AvgIpc) is 2.70. The number of carbonyl (C=O) groups excluding carboxylic acids is 1. The summed E-state index contributed by atoms with van der Waals surface area (Å²) in [6, 6.07) is 9.96. The van der Waals surface area contributed by atoms with Crippen LogP contribution in [0.25, 0.3) is 0 Å². The van der Waals surface area contributed by atoms with E-state index < -0.39 is 0 Å². The maximum atomic E-state index is 12.4. The molecule has 1 aliphatic rings. The van der Waals surface area contributed by atoms with Crippen LogP contribution in [-0.2, 0) is 4.79 Å². The number of rotatable bonds is 4. The van der Waals surface area contributed by atoms with E-state index >= 15 is 0 Å². The van der Waals surface area contributed by atoms with Gasteiger partial charge in [0.25, 0.3) is 5.91 Å². The minimum atomic E-state index is -0.312. The van der Waals surface area contributed by atoms with Gasteiger partial charge in [0.2, 0.25) is 0 Å². The predicted molar refractivity (Wildman–Crippen MR) is 84.4 cm³/mol. The van der Waals surface area contributed by atoms with Gasteiger partial charge in [-0.1, -0.05) is 37.3 Å². The van der Waals surface area contributed by atoms with Crippen molar-refractivity contribution in [2.75, 3.05) is 26.7 Å². The zero-order valence-electron chi connectivity index (χ0n) is 13.0. The number of amides is 1. The lowest BCUT2D eigenvalue weighted by Crippen LogP contribution is -2.49. The second kappa shape index (κ2) is 7.54. The largest absolute Gasteiger partial charge is 0.305 e. The summed E-state index contributed by atoms with van der Waals surface area (Å²) in [5.74, 6) is 5.30. The lowest BCUT2D eigenvalue weighted by atomic mass is 10.0. The average molecular weight is 290 g/mol. The van der Waals surface area contributed by atoms with Crippen molar-refractivity contribution in [3.8, 4) is 0 Å². The lowest BCUT2D eigenvalue weighted by molar-refractivity contribution is -0.127. The Labute approximate surface area is 127 Å². The zero-order valence-corrected chi connectivity index (χ0v) is 13.0. The van der Waals surface area contributed by atoms with Gasteiger partial charge in [-0.3, -0.25) is 15.1 Å². The lowest BCUT2D eigenvalue weighted by Gasteiger charge is -2.36. The first-order valence-corrected chi connectivity index (χ1v) is 7.67. The first kappa shape index (κ1) is 15.9. The third kappa shape index (κ3) is 3.81. The summed E-state index contributed by atoms with van der Waals surface area (Å²) < 4.78 is 0. The van der Waals surface area contributed by atoms with E-state index in [-0.39, 0.29) is 11.9 Å². The van der Waals surface area contributed by atoms with Gasteiger partial charge in [0.15, 0.2) is 0 Å². The summed E-state index contributed by atoms with van der Waals surface area (Å²) in [5.41, 5.74) is 3.35. The number of benzene rings is 1. The number of nitrogens with one attached hydrogen (secondary N) is 1. The Balaban J connectivity index is 2.32. The molecule has 0 spiro atoms. The fourth-order valence-corrected chi connectivity index (χ4v) is 3.17. The van der Waals surface area contributed by atoms with Crippen molar-refractivity contribution in [1.82, 2.24) is 15.2 Å². The maximum absolute atomic E-state index is 12.4. The van der Waals surface area contributed by atoms with Crippen LogP contribution in [0, 0.1) is 0 Å². The number of hydrogen-bond acceptors (Lipinski definition) is 4. The summed E-state index contributed by atoms with van der Waals surface area (Å²) in [6.07, 6.45) is 2.08. The molecule has 0 saturated carbocycles. The molecular weight excluding hydrogens is 264 g/mol. The second-order valence-corrected chi connectivity index (χ2v) is 5.74. The molecule has 2 atom stereocenters. The molecule has 1 aliphatic heterocycles. The molecule has 21 heavy (non-hydrogen) atoms. The van der Waals surface area contributed by atoms with Crippen molar-refractivity contribution in [2.45, 2.75) is 31.8 Å². The van der Waals surface area contributed by atoms with Gasteiger partial charge in [0, 0.05) is 19.1 Å². The molecule has 3 N–H and O–H groups in total. The molecule has 5 heteroatoms. The molecule has 1 aromatic rings. The van der Waals surface area contributed by atoms with Crippen LogP contribution >= 0.6 is 0 Å². The molecular formula is C16H26N4O. The molecule has 0 aromatic heterocycles. The first-order valence-electron chi connectivity index (χ1n) is 7.67. The fraction of sp³-hybridized carbons (Fsp3) is 0.562. The van der Waals surface area contributed by atoms with Crippen LogP contribution in [0.15, 0.2) is 30.3 Å². The molecule has 0 aliphatic carbocycles. The highest BCUT2D eigenvalue weighted by Gasteiger charge is 2.33. The maximum Gasteiger partial charge on any atom is 0.255 e. The number of nitrogens with zero attached hydrogens (tertiary/aromatic N) is 2. The van der Waals surface area contributed by atoms with Gasteiger partial charge in [0.05, 0.1) is 0 Å². The van der Waals surface area contributed by atoms with Crippen LogP contribution in [0.4, 0.5) is 0 Å². The summed E-state index contributed by atoms with van der Waals surface area (Å²) >= 11 is 0. The predicted octanol–water partition coefficient (Wildman–Crippen LogP) is 1.13. The summed E-state index contributed by atoms with van der Waals surface area (Å²) in [5, 5.41) is 0. The third-order valence-electron chi connectivity index (χ3n) is 4.26. The Hall–Kier alpha value is -1.43. The standard InChI is InChI=1S/C16H26N4O/c1-3-14-12-19(2)10-7-11-20(14)15(16(21)18-17)13-8-5-4-6-9-13/h4-6,8-9,14-15H,3,7,10-12,17H2,1-2H3,(H,18,21). The second-order valence-electron chi connectivity index (χ2n) is 5.74. The molecule has 1 fully saturated rings. The minimum Gasteiger partial charge on any atom is -0.305 e. The molecule has 1 saturated heterocycles. The topological polar surface area (TPSA) is 61.6 Å². The van der Waals surface area contributed by atoms with Gasteiger partial charge >= 0.3 is 0 Å². The Kier molecular flexibility index (Phi) is 5.73. The molecule has 2 unspecified atom stereocenters. The number of likely N-dealkylation sites (N-methyl/N-ethyl adjacent to an activating group) is 1. The van der Waals surface area contributed by atoms with E-state index in [0.29, 0.717) is 6.04 Å². The molecule has 0 radical (unpaired) electrons. The normalized spacial score (nSPS) is 22.5. The first-order chi connectivity index (χ1) is 10.2. The molecule has 1 heterocycles. The Morgan fingerprint density at radius 1 is 1.38 bits per heavy atom. The van der Waals surface area contributed by atoms with Crippen molar-refractivity contribution in [1.29, 1.82) is 0 Å². The Bertz CT molecular complexity index is 451. The minimum absolute atomic E-state index is 0.135. The van der Waals surface area contributed by atoms with Crippen molar-refractivity contribution in [3.05, 3.63) is 35.9 Å². The highest BCUT2D eigenvalue weighted by molar-refractivity contribution is 5.82. The van der Waals surface area contributed by atoms with Gasteiger partial charge in [-0.05, 0) is 32.0 Å². The van der Waals surface area contributed by atoms with E-state index in [1.807, 2.05) is 30.3 Å². The Morgan fingerprint density at radius 2 is 2.10 bits per heavy atom. The van der Waals surface area contributed by atoms with Crippen LogP contribution in [0.5, 0.6) is 0 Å². The van der Waals surface area contributed by atoms with E-state index in [2.05, 4.69) is 29.2 Å². The molecule has 1 aromatic carbocycles. The highest BCUT2D eigenvalue weighted by atomic mass is 16.2. The van der Waals surface area contributed by atoms with E-state index in [9.17, 15) is 4.79 Å².